The van der Waals surface area contributed by atoms with Crippen molar-refractivity contribution in [2.75, 3.05) is 0 Å². The number of aromatic nitrogens is 3. The Kier molecular flexibility index (Phi) is 5.10. The number of sulfonamides is 1. The van der Waals surface area contributed by atoms with E-state index in [-0.39, 0.29) is 17.0 Å². The van der Waals surface area contributed by atoms with Crippen molar-refractivity contribution < 1.29 is 13.2 Å². The zero-order valence-electron chi connectivity index (χ0n) is 14.8. The van der Waals surface area contributed by atoms with E-state index >= 15 is 0 Å². The van der Waals surface area contributed by atoms with E-state index in [1.807, 2.05) is 25.5 Å². The summed E-state index contributed by atoms with van der Waals surface area (Å²) < 4.78 is 35.4. The van der Waals surface area contributed by atoms with Crippen LogP contribution in [0, 0.1) is 0 Å². The number of aryl methyl sites for hydroxylation is 2. The van der Waals surface area contributed by atoms with Crippen molar-refractivity contribution in [1.29, 1.82) is 0 Å². The van der Waals surface area contributed by atoms with E-state index in [1.54, 1.807) is 24.3 Å². The van der Waals surface area contributed by atoms with Gasteiger partial charge in [-0.3, -0.25) is 0 Å². The van der Waals surface area contributed by atoms with E-state index in [1.165, 1.54) is 0 Å². The molecule has 0 saturated heterocycles. The van der Waals surface area contributed by atoms with Gasteiger partial charge >= 0.3 is 0 Å². The van der Waals surface area contributed by atoms with Crippen LogP contribution in [-0.2, 0) is 29.4 Å². The van der Waals surface area contributed by atoms with Gasteiger partial charge in [0.05, 0.1) is 17.5 Å². The molecule has 0 amide bonds. The van der Waals surface area contributed by atoms with Crippen LogP contribution >= 0.6 is 0 Å². The molecule has 1 aliphatic heterocycles. The van der Waals surface area contributed by atoms with Crippen LogP contribution in [0.4, 0.5) is 0 Å². The average Bonchev–Trinajstić information content (AvgIpc) is 2.97. The maximum absolute atomic E-state index is 12.6. The second-order valence-corrected chi connectivity index (χ2v) is 8.19. The summed E-state index contributed by atoms with van der Waals surface area (Å²) in [4.78, 5) is 4.69. The molecule has 0 bridgehead atoms. The molecular formula is C17H24N4O3S. The van der Waals surface area contributed by atoms with Crippen LogP contribution < -0.4 is 9.46 Å². The molecule has 1 aromatic heterocycles. The molecule has 0 aliphatic carbocycles. The van der Waals surface area contributed by atoms with Crippen molar-refractivity contribution in [2.45, 2.75) is 63.6 Å². The molecule has 1 unspecified atom stereocenters. The standard InChI is InChI=1S/C17H24N4O3S/c1-4-16-18-17-10-5-13(11-21(17)19-16)20-25(22,23)15-8-6-14(7-9-15)24-12(2)3/h6-9,12-13,20H,4-5,10-11H2,1-3H3. The largest absolute Gasteiger partial charge is 0.491 e. The molecule has 1 atom stereocenters. The first-order valence-electron chi connectivity index (χ1n) is 8.59. The predicted molar refractivity (Wildman–Crippen MR) is 94.0 cm³/mol. The van der Waals surface area contributed by atoms with Gasteiger partial charge in [0, 0.05) is 18.9 Å². The lowest BCUT2D eigenvalue weighted by Crippen LogP contribution is -2.41. The summed E-state index contributed by atoms with van der Waals surface area (Å²) in [5, 5.41) is 4.42. The molecule has 0 fully saturated rings. The molecule has 1 N–H and O–H groups in total. The van der Waals surface area contributed by atoms with Crippen LogP contribution in [0.2, 0.25) is 0 Å². The van der Waals surface area contributed by atoms with Gasteiger partial charge in [0.25, 0.3) is 0 Å². The number of nitrogens with one attached hydrogen (secondary N) is 1. The Balaban J connectivity index is 1.69. The number of benzene rings is 1. The molecule has 136 valence electrons. The van der Waals surface area contributed by atoms with Crippen LogP contribution in [-0.4, -0.2) is 35.3 Å². The number of nitrogens with zero attached hydrogens (tertiary/aromatic N) is 3. The van der Waals surface area contributed by atoms with E-state index in [4.69, 9.17) is 4.74 Å². The molecule has 7 nitrogen and oxygen atoms in total. The molecule has 1 aromatic carbocycles. The topological polar surface area (TPSA) is 86.1 Å². The zero-order valence-corrected chi connectivity index (χ0v) is 15.6. The highest BCUT2D eigenvalue weighted by molar-refractivity contribution is 7.89. The molecule has 2 heterocycles. The summed E-state index contributed by atoms with van der Waals surface area (Å²) in [5.74, 6) is 2.40. The average molecular weight is 364 g/mol. The highest BCUT2D eigenvalue weighted by Crippen LogP contribution is 2.19. The van der Waals surface area contributed by atoms with Crippen molar-refractivity contribution in [3.63, 3.8) is 0 Å². The molecule has 25 heavy (non-hydrogen) atoms. The van der Waals surface area contributed by atoms with Crippen molar-refractivity contribution in [1.82, 2.24) is 19.5 Å². The van der Waals surface area contributed by atoms with E-state index in [9.17, 15) is 8.42 Å². The minimum atomic E-state index is -3.57. The van der Waals surface area contributed by atoms with Crippen LogP contribution in [0.3, 0.4) is 0 Å². The zero-order chi connectivity index (χ0) is 18.0. The summed E-state index contributed by atoms with van der Waals surface area (Å²) in [5.41, 5.74) is 0. The van der Waals surface area contributed by atoms with Gasteiger partial charge in [0.1, 0.15) is 11.6 Å². The molecular weight excluding hydrogens is 340 g/mol. The molecule has 1 aliphatic rings. The summed E-state index contributed by atoms with van der Waals surface area (Å²) in [6.07, 6.45) is 2.27. The second-order valence-electron chi connectivity index (χ2n) is 6.47. The van der Waals surface area contributed by atoms with Gasteiger partial charge in [0.2, 0.25) is 10.0 Å². The van der Waals surface area contributed by atoms with E-state index in [2.05, 4.69) is 14.8 Å². The predicted octanol–water partition coefficient (Wildman–Crippen LogP) is 1.92. The fraction of sp³-hybridized carbons (Fsp3) is 0.529. The maximum Gasteiger partial charge on any atom is 0.240 e. The smallest absolute Gasteiger partial charge is 0.240 e. The summed E-state index contributed by atoms with van der Waals surface area (Å²) >= 11 is 0. The normalized spacial score (nSPS) is 17.5. The third-order valence-corrected chi connectivity index (χ3v) is 5.58. The number of fused-ring (bicyclic) bond motifs is 1. The fourth-order valence-corrected chi connectivity index (χ4v) is 4.13. The van der Waals surface area contributed by atoms with Gasteiger partial charge in [-0.1, -0.05) is 6.92 Å². The Morgan fingerprint density at radius 3 is 2.68 bits per heavy atom. The quantitative estimate of drug-likeness (QED) is 0.846. The van der Waals surface area contributed by atoms with Gasteiger partial charge < -0.3 is 4.74 Å². The molecule has 3 rings (SSSR count). The van der Waals surface area contributed by atoms with Gasteiger partial charge in [0.15, 0.2) is 5.82 Å². The minimum absolute atomic E-state index is 0.0488. The third-order valence-electron chi connectivity index (χ3n) is 4.05. The lowest BCUT2D eigenvalue weighted by Gasteiger charge is -2.23. The Morgan fingerprint density at radius 1 is 1.32 bits per heavy atom. The highest BCUT2D eigenvalue weighted by Gasteiger charge is 2.26. The SMILES string of the molecule is CCc1nc2n(n1)CC(NS(=O)(=O)c1ccc(OC(C)C)cc1)CC2. The molecule has 0 saturated carbocycles. The first-order valence-corrected chi connectivity index (χ1v) is 10.1. The molecule has 0 spiro atoms. The number of rotatable bonds is 6. The molecule has 2 aromatic rings. The fourth-order valence-electron chi connectivity index (χ4n) is 2.86. The van der Waals surface area contributed by atoms with Crippen LogP contribution in [0.5, 0.6) is 5.75 Å². The second kappa shape index (κ2) is 7.13. The summed E-state index contributed by atoms with van der Waals surface area (Å²) in [7, 11) is -3.57. The van der Waals surface area contributed by atoms with E-state index < -0.39 is 10.0 Å². The number of ether oxygens (including phenoxy) is 1. The first-order chi connectivity index (χ1) is 11.9. The third kappa shape index (κ3) is 4.19. The van der Waals surface area contributed by atoms with E-state index in [0.29, 0.717) is 12.3 Å². The summed E-state index contributed by atoms with van der Waals surface area (Å²) in [6, 6.07) is 6.31. The Labute approximate surface area is 148 Å². The number of hydrogen-bond donors (Lipinski definition) is 1. The Bertz CT molecular complexity index is 828. The van der Waals surface area contributed by atoms with Crippen molar-refractivity contribution in [3.8, 4) is 5.75 Å². The van der Waals surface area contributed by atoms with Gasteiger partial charge in [-0.15, -0.1) is 0 Å². The minimum Gasteiger partial charge on any atom is -0.491 e. The van der Waals surface area contributed by atoms with Gasteiger partial charge in [-0.2, -0.15) is 5.10 Å². The van der Waals surface area contributed by atoms with Crippen molar-refractivity contribution in [2.24, 2.45) is 0 Å². The van der Waals surface area contributed by atoms with Crippen LogP contribution in [0.1, 0.15) is 38.8 Å². The van der Waals surface area contributed by atoms with Gasteiger partial charge in [-0.05, 0) is 44.5 Å². The highest BCUT2D eigenvalue weighted by atomic mass is 32.2. The Morgan fingerprint density at radius 2 is 2.04 bits per heavy atom. The lowest BCUT2D eigenvalue weighted by molar-refractivity contribution is 0.242. The van der Waals surface area contributed by atoms with Crippen molar-refractivity contribution >= 4 is 10.0 Å². The number of hydrogen-bond acceptors (Lipinski definition) is 5. The van der Waals surface area contributed by atoms with Crippen LogP contribution in [0.15, 0.2) is 29.2 Å². The maximum atomic E-state index is 12.6. The monoisotopic (exact) mass is 364 g/mol. The first kappa shape index (κ1) is 17.9. The van der Waals surface area contributed by atoms with Gasteiger partial charge in [-0.25, -0.2) is 22.8 Å². The van der Waals surface area contributed by atoms with E-state index in [0.717, 1.165) is 30.9 Å². The van der Waals surface area contributed by atoms with Crippen LogP contribution in [0.25, 0.3) is 0 Å². The Hall–Kier alpha value is -1.93. The lowest BCUT2D eigenvalue weighted by atomic mass is 10.1. The molecule has 8 heteroatoms. The van der Waals surface area contributed by atoms with Crippen molar-refractivity contribution in [3.05, 3.63) is 35.9 Å². The molecule has 0 radical (unpaired) electrons. The summed E-state index contributed by atoms with van der Waals surface area (Å²) in [6.45, 7) is 6.37.